The second kappa shape index (κ2) is 28.8. The van der Waals surface area contributed by atoms with Gasteiger partial charge in [-0.25, -0.2) is 0 Å². The number of unbranched alkanes of at least 4 members (excludes halogenated alkanes) is 1. The van der Waals surface area contributed by atoms with Crippen molar-refractivity contribution in [2.24, 2.45) is 0 Å². The zero-order valence-corrected chi connectivity index (χ0v) is 46.7. The van der Waals surface area contributed by atoms with Crippen LogP contribution in [0.2, 0.25) is 0 Å². The van der Waals surface area contributed by atoms with Gasteiger partial charge in [0.2, 0.25) is 23.6 Å². The summed E-state index contributed by atoms with van der Waals surface area (Å²) < 4.78 is 247. The van der Waals surface area contributed by atoms with Crippen LogP contribution in [0.15, 0.2) is 42.5 Å². The standard InChI is InChI=1S/C51H55F17N6O19/c52-44(53,45(54,55)46(56,57)47(58,59)48(60,61)49(62,63)50(64,65)51(66,67)68)12-14-70-37(86)24(71-40(89)33(83)32(82)35(27(78)17-75)93-43-34(84)31(81)30(80)28(18-76)92-43)3-1-2-13-69-38(87)25(15-19-4-7-21(77)8-5-19)72-36(85)20-6-9-22-23(16-20)42(91)74(41(22)90)26-10-11-29(79)73-39(26)88/h4-9,16,24-28,30-35,43,75-78,80-84H,1-3,10-15,17-18H2,(H,69,87)(H,70,86)(H,71,89)(H,72,85)(H,73,79,88)/t24?,25?,26?,27?,28?,30-,31?,32?,33?,34?,35+,43-/m0/s1. The molecule has 42 heteroatoms. The quantitative estimate of drug-likeness (QED) is 0.0271. The van der Waals surface area contributed by atoms with Gasteiger partial charge in [-0.1, -0.05) is 12.1 Å². The first kappa shape index (κ1) is 76.5. The van der Waals surface area contributed by atoms with Crippen LogP contribution in [0.5, 0.6) is 5.75 Å². The average Bonchev–Trinajstić information content (AvgIpc) is 1.26. The van der Waals surface area contributed by atoms with Gasteiger partial charge in [-0.15, -0.1) is 0 Å². The van der Waals surface area contributed by atoms with Gasteiger partial charge >= 0.3 is 47.6 Å². The number of nitrogens with one attached hydrogen (secondary N) is 5. The Labute approximate surface area is 509 Å². The predicted octanol–water partition coefficient (Wildman–Crippen LogP) is -0.318. The number of aliphatic hydroxyl groups is 8. The lowest BCUT2D eigenvalue weighted by Crippen LogP contribution is -2.74. The maximum atomic E-state index is 14.9. The van der Waals surface area contributed by atoms with E-state index in [0.717, 1.165) is 18.2 Å². The highest BCUT2D eigenvalue weighted by Crippen LogP contribution is 2.64. The summed E-state index contributed by atoms with van der Waals surface area (Å²) in [6.07, 6.45) is -35.9. The smallest absolute Gasteiger partial charge is 0.460 e. The number of amides is 8. The predicted molar refractivity (Wildman–Crippen MR) is 267 cm³/mol. The zero-order valence-electron chi connectivity index (χ0n) is 46.7. The third-order valence-corrected chi connectivity index (χ3v) is 14.7. The number of fused-ring (bicyclic) bond motifs is 1. The molecule has 12 atom stereocenters. The Balaban J connectivity index is 1.35. The Bertz CT molecular complexity index is 3080. The Morgan fingerprint density at radius 2 is 1.20 bits per heavy atom. The Hall–Kier alpha value is -7.19. The molecule has 0 bridgehead atoms. The van der Waals surface area contributed by atoms with Crippen molar-refractivity contribution in [1.82, 2.24) is 31.5 Å². The molecule has 14 N–H and O–H groups in total. The number of aliphatic hydroxyl groups excluding tert-OH is 8. The summed E-state index contributed by atoms with van der Waals surface area (Å²) in [5, 5.41) is 101. The number of hydrogen-bond donors (Lipinski definition) is 14. The molecular weight excluding hydrogens is 1320 g/mol. The molecule has 3 aliphatic heterocycles. The lowest BCUT2D eigenvalue weighted by molar-refractivity contribution is -0.461. The average molecular weight is 1380 g/mol. The van der Waals surface area contributed by atoms with E-state index in [4.69, 9.17) is 9.47 Å². The number of phenolic OH excluding ortho intramolecular Hbond substituents is 1. The summed E-state index contributed by atoms with van der Waals surface area (Å²) in [7, 11) is 0. The van der Waals surface area contributed by atoms with Crippen molar-refractivity contribution in [3.05, 3.63) is 64.7 Å². The minimum absolute atomic E-state index is 0.229. The second-order valence-corrected chi connectivity index (χ2v) is 21.1. The van der Waals surface area contributed by atoms with Crippen LogP contribution >= 0.6 is 0 Å². The van der Waals surface area contributed by atoms with Gasteiger partial charge in [0.05, 0.1) is 24.3 Å². The number of carbonyl (C=O) groups excluding carboxylic acids is 8. The van der Waals surface area contributed by atoms with E-state index in [1.165, 1.54) is 29.6 Å². The van der Waals surface area contributed by atoms with E-state index >= 15 is 0 Å². The van der Waals surface area contributed by atoms with Crippen LogP contribution in [0.4, 0.5) is 74.6 Å². The van der Waals surface area contributed by atoms with Crippen LogP contribution in [0.25, 0.3) is 0 Å². The van der Waals surface area contributed by atoms with E-state index in [0.29, 0.717) is 4.90 Å². The summed E-state index contributed by atoms with van der Waals surface area (Å²) in [4.78, 5) is 106. The van der Waals surface area contributed by atoms with Gasteiger partial charge in [-0.2, -0.15) is 74.6 Å². The number of alkyl halides is 17. The minimum atomic E-state index is -8.94. The highest BCUT2D eigenvalue weighted by Gasteiger charge is 2.95. The molecule has 5 rings (SSSR count). The normalized spacial score (nSPS) is 22.4. The fourth-order valence-corrected chi connectivity index (χ4v) is 9.26. The molecule has 3 heterocycles. The number of imide groups is 2. The first-order valence-electron chi connectivity index (χ1n) is 26.8. The molecule has 0 saturated carbocycles. The Morgan fingerprint density at radius 3 is 1.76 bits per heavy atom. The minimum Gasteiger partial charge on any atom is -0.508 e. The number of piperidine rings is 1. The number of aromatic hydroxyl groups is 1. The van der Waals surface area contributed by atoms with Gasteiger partial charge in [0.1, 0.15) is 66.6 Å². The van der Waals surface area contributed by atoms with Crippen molar-refractivity contribution in [2.45, 2.75) is 166 Å². The number of rotatable bonds is 30. The lowest BCUT2D eigenvalue weighted by atomic mass is 9.88. The molecule has 0 spiro atoms. The number of hydrogen-bond acceptors (Lipinski definition) is 19. The van der Waals surface area contributed by atoms with E-state index in [1.807, 2.05) is 5.32 Å². The Kier molecular flexibility index (Phi) is 23.7. The van der Waals surface area contributed by atoms with Crippen LogP contribution < -0.4 is 26.6 Å². The SMILES string of the molecule is O=C1CCC(N2C(=O)c3ccc(C(=O)NC(Cc4ccc(O)cc4)C(=O)NCCCCC(NC(=O)C(O)C(O)[C@H](O[C@@H]4OC(CO)[C@H](O)C(O)C4O)C(O)CO)C(=O)NCCC(F)(F)C(F)(F)C(F)(F)C(F)(F)C(F)(F)C(F)(F)C(F)(F)C(F)(F)F)cc3C2=O)C(=O)N1. The molecule has 2 aromatic carbocycles. The first-order valence-corrected chi connectivity index (χ1v) is 26.8. The molecule has 0 radical (unpaired) electrons. The van der Waals surface area contributed by atoms with Crippen LogP contribution in [0.1, 0.15) is 75.2 Å². The molecule has 0 aliphatic carbocycles. The van der Waals surface area contributed by atoms with E-state index in [1.54, 1.807) is 5.32 Å². The molecule has 0 aromatic heterocycles. The summed E-state index contributed by atoms with van der Waals surface area (Å²) >= 11 is 0. The molecule has 9 unspecified atom stereocenters. The summed E-state index contributed by atoms with van der Waals surface area (Å²) in [6, 6.07) is 2.50. The molecule has 25 nitrogen and oxygen atoms in total. The molecular formula is C51H55F17N6O19. The molecule has 3 aliphatic rings. The van der Waals surface area contributed by atoms with Gasteiger partial charge in [0.25, 0.3) is 23.6 Å². The fraction of sp³-hybridized carbons (Fsp3) is 0.608. The number of halogens is 17. The lowest BCUT2D eigenvalue weighted by Gasteiger charge is -2.42. The van der Waals surface area contributed by atoms with Crippen LogP contribution in [0, 0.1) is 0 Å². The van der Waals surface area contributed by atoms with Gasteiger partial charge in [-0.3, -0.25) is 48.6 Å². The summed E-state index contributed by atoms with van der Waals surface area (Å²) in [5.74, 6) is -69.0. The van der Waals surface area contributed by atoms with Gasteiger partial charge in [0, 0.05) is 37.9 Å². The molecule has 2 saturated heterocycles. The topological polar surface area (TPSA) is 400 Å². The first-order chi connectivity index (χ1) is 42.7. The number of benzene rings is 2. The third-order valence-electron chi connectivity index (χ3n) is 14.7. The van der Waals surface area contributed by atoms with Crippen molar-refractivity contribution in [3.63, 3.8) is 0 Å². The third kappa shape index (κ3) is 15.3. The number of nitrogens with zero attached hydrogens (tertiary/aromatic N) is 1. The van der Waals surface area contributed by atoms with Gasteiger partial charge in [0.15, 0.2) is 12.4 Å². The molecule has 8 amide bonds. The summed E-state index contributed by atoms with van der Waals surface area (Å²) in [6.45, 7) is -5.44. The van der Waals surface area contributed by atoms with Crippen LogP contribution in [0.3, 0.4) is 0 Å². The van der Waals surface area contributed by atoms with Crippen molar-refractivity contribution < 1.29 is 168 Å². The van der Waals surface area contributed by atoms with Crippen LogP contribution in [-0.2, 0) is 39.9 Å². The van der Waals surface area contributed by atoms with E-state index in [-0.39, 0.29) is 40.8 Å². The number of ether oxygens (including phenoxy) is 2. The molecule has 522 valence electrons. The van der Waals surface area contributed by atoms with E-state index < -0.39 is 227 Å². The Morgan fingerprint density at radius 1 is 0.656 bits per heavy atom. The van der Waals surface area contributed by atoms with Gasteiger partial charge in [-0.05, 0) is 61.6 Å². The second-order valence-electron chi connectivity index (χ2n) is 21.1. The molecule has 93 heavy (non-hydrogen) atoms. The maximum absolute atomic E-state index is 14.9. The maximum Gasteiger partial charge on any atom is 0.460 e. The number of carbonyl (C=O) groups is 8. The highest BCUT2D eigenvalue weighted by molar-refractivity contribution is 6.24. The zero-order chi connectivity index (χ0) is 70.7. The van der Waals surface area contributed by atoms with E-state index in [9.17, 15) is 159 Å². The van der Waals surface area contributed by atoms with Crippen molar-refractivity contribution in [3.8, 4) is 5.75 Å². The largest absolute Gasteiger partial charge is 0.508 e. The molecule has 2 aromatic rings. The van der Waals surface area contributed by atoms with Crippen molar-refractivity contribution in [1.29, 1.82) is 0 Å². The van der Waals surface area contributed by atoms with Crippen molar-refractivity contribution in [2.75, 3.05) is 26.3 Å². The fourth-order valence-electron chi connectivity index (χ4n) is 9.26. The van der Waals surface area contributed by atoms with Crippen molar-refractivity contribution >= 4 is 47.3 Å². The highest BCUT2D eigenvalue weighted by atomic mass is 19.4. The molecule has 2 fully saturated rings. The van der Waals surface area contributed by atoms with Crippen LogP contribution in [-0.4, -0.2) is 245 Å². The van der Waals surface area contributed by atoms with Gasteiger partial charge < -0.3 is 76.7 Å². The number of phenols is 1. The summed E-state index contributed by atoms with van der Waals surface area (Å²) in [5.41, 5.74) is -0.721. The van der Waals surface area contributed by atoms with E-state index in [2.05, 4.69) is 10.6 Å². The monoisotopic (exact) mass is 1380 g/mol.